The number of rotatable bonds is 5. The van der Waals surface area contributed by atoms with E-state index in [1.165, 1.54) is 0 Å². The van der Waals surface area contributed by atoms with Gasteiger partial charge in [0, 0.05) is 0 Å². The number of hydrogen-bond donors (Lipinski definition) is 1. The van der Waals surface area contributed by atoms with Crippen molar-refractivity contribution in [1.29, 1.82) is 0 Å². The fourth-order valence-corrected chi connectivity index (χ4v) is 2.17. The molecule has 0 aromatic carbocycles. The molecule has 19 heavy (non-hydrogen) atoms. The minimum Gasteiger partial charge on any atom is -0.377 e. The third-order valence-corrected chi connectivity index (χ3v) is 3.41. The molecule has 1 aliphatic rings. The first kappa shape index (κ1) is 16.7. The van der Waals surface area contributed by atoms with Gasteiger partial charge in [-0.3, -0.25) is 0 Å². The van der Waals surface area contributed by atoms with Gasteiger partial charge in [-0.1, -0.05) is 32.6 Å². The third-order valence-electron chi connectivity index (χ3n) is 3.41. The molecule has 0 unspecified atom stereocenters. The van der Waals surface area contributed by atoms with Crippen LogP contribution >= 0.6 is 0 Å². The van der Waals surface area contributed by atoms with E-state index in [-0.39, 0.29) is 6.42 Å². The summed E-state index contributed by atoms with van der Waals surface area (Å²) >= 11 is 0. The summed E-state index contributed by atoms with van der Waals surface area (Å²) in [7, 11) is 0. The highest BCUT2D eigenvalue weighted by atomic mass is 19.4. The Hall–Kier alpha value is -0.330. The zero-order valence-electron chi connectivity index (χ0n) is 11.7. The van der Waals surface area contributed by atoms with Crippen LogP contribution < -0.4 is 0 Å². The molecule has 1 aliphatic heterocycles. The van der Waals surface area contributed by atoms with Crippen LogP contribution in [-0.2, 0) is 9.47 Å². The van der Waals surface area contributed by atoms with E-state index in [1.54, 1.807) is 13.8 Å². The lowest BCUT2D eigenvalue weighted by molar-refractivity contribution is -0.394. The monoisotopic (exact) mass is 284 g/mol. The summed E-state index contributed by atoms with van der Waals surface area (Å²) in [5, 5.41) is 9.88. The lowest BCUT2D eigenvalue weighted by Crippen LogP contribution is -2.64. The van der Waals surface area contributed by atoms with Gasteiger partial charge in [-0.2, -0.15) is 13.2 Å². The first-order valence-corrected chi connectivity index (χ1v) is 6.73. The molecule has 1 fully saturated rings. The molecule has 1 N–H and O–H groups in total. The molecule has 3 nitrogen and oxygen atoms in total. The Morgan fingerprint density at radius 2 is 1.84 bits per heavy atom. The molecule has 0 aromatic heterocycles. The van der Waals surface area contributed by atoms with Gasteiger partial charge in [-0.25, -0.2) is 0 Å². The first-order valence-electron chi connectivity index (χ1n) is 6.73. The highest BCUT2D eigenvalue weighted by Crippen LogP contribution is 2.42. The molecular weight excluding hydrogens is 261 g/mol. The Kier molecular flexibility index (Phi) is 5.26. The summed E-state index contributed by atoms with van der Waals surface area (Å²) in [6.45, 7) is 4.37. The van der Waals surface area contributed by atoms with Crippen molar-refractivity contribution < 1.29 is 27.8 Å². The van der Waals surface area contributed by atoms with Crippen molar-refractivity contribution in [1.82, 2.24) is 0 Å². The SMILES string of the molecule is CCCCCC[C@@H]1OC(C)(C)OC[C@@]1(O)C(F)(F)F. The summed E-state index contributed by atoms with van der Waals surface area (Å²) in [5.74, 6) is -1.09. The summed E-state index contributed by atoms with van der Waals surface area (Å²) < 4.78 is 49.3. The van der Waals surface area contributed by atoms with E-state index in [2.05, 4.69) is 0 Å². The van der Waals surface area contributed by atoms with Crippen molar-refractivity contribution in [2.75, 3.05) is 6.61 Å². The summed E-state index contributed by atoms with van der Waals surface area (Å²) in [5.41, 5.74) is -2.91. The molecule has 114 valence electrons. The maximum atomic E-state index is 13.0. The molecule has 0 spiro atoms. The smallest absolute Gasteiger partial charge is 0.377 e. The van der Waals surface area contributed by atoms with Gasteiger partial charge in [0.1, 0.15) is 6.10 Å². The van der Waals surface area contributed by atoms with Crippen LogP contribution in [0.5, 0.6) is 0 Å². The summed E-state index contributed by atoms with van der Waals surface area (Å²) in [4.78, 5) is 0. The van der Waals surface area contributed by atoms with Gasteiger partial charge >= 0.3 is 6.18 Å². The zero-order valence-corrected chi connectivity index (χ0v) is 11.7. The fourth-order valence-electron chi connectivity index (χ4n) is 2.17. The van der Waals surface area contributed by atoms with Crippen LogP contribution in [0.1, 0.15) is 52.9 Å². The molecule has 1 saturated heterocycles. The van der Waals surface area contributed by atoms with Crippen LogP contribution in [0.4, 0.5) is 13.2 Å². The van der Waals surface area contributed by atoms with Crippen molar-refractivity contribution in [2.45, 2.75) is 76.5 Å². The predicted molar refractivity (Wildman–Crippen MR) is 64.7 cm³/mol. The van der Waals surface area contributed by atoms with E-state index < -0.39 is 30.3 Å². The largest absolute Gasteiger partial charge is 0.422 e. The molecule has 0 saturated carbocycles. The number of hydrogen-bond acceptors (Lipinski definition) is 3. The maximum absolute atomic E-state index is 13.0. The Labute approximate surface area is 112 Å². The lowest BCUT2D eigenvalue weighted by Gasteiger charge is -2.46. The molecule has 6 heteroatoms. The van der Waals surface area contributed by atoms with Crippen LogP contribution in [0.3, 0.4) is 0 Å². The van der Waals surface area contributed by atoms with Crippen molar-refractivity contribution in [3.05, 3.63) is 0 Å². The van der Waals surface area contributed by atoms with Gasteiger partial charge in [0.05, 0.1) is 6.61 Å². The first-order chi connectivity index (χ1) is 8.62. The molecule has 2 atom stereocenters. The summed E-state index contributed by atoms with van der Waals surface area (Å²) in [6, 6.07) is 0. The number of ether oxygens (including phenoxy) is 2. The predicted octanol–water partition coefficient (Wildman–Crippen LogP) is 3.40. The van der Waals surface area contributed by atoms with Crippen molar-refractivity contribution in [3.8, 4) is 0 Å². The number of alkyl halides is 3. The van der Waals surface area contributed by atoms with Gasteiger partial charge in [0.15, 0.2) is 5.79 Å². The summed E-state index contributed by atoms with van der Waals surface area (Å²) in [6.07, 6.45) is -2.42. The van der Waals surface area contributed by atoms with E-state index >= 15 is 0 Å². The average molecular weight is 284 g/mol. The van der Waals surface area contributed by atoms with Gasteiger partial charge in [-0.05, 0) is 20.3 Å². The van der Waals surface area contributed by atoms with Gasteiger partial charge in [0.2, 0.25) is 5.60 Å². The number of aliphatic hydroxyl groups is 1. The second kappa shape index (κ2) is 5.97. The minimum atomic E-state index is -4.75. The average Bonchev–Trinajstić information content (AvgIpc) is 2.27. The maximum Gasteiger partial charge on any atom is 0.422 e. The van der Waals surface area contributed by atoms with Crippen LogP contribution in [0.2, 0.25) is 0 Å². The highest BCUT2D eigenvalue weighted by molar-refractivity contribution is 4.97. The van der Waals surface area contributed by atoms with Crippen molar-refractivity contribution >= 4 is 0 Å². The standard InChI is InChI=1S/C13H23F3O3/c1-4-5-6-7-8-10-12(17,13(14,15)16)9-18-11(2,3)19-10/h10,17H,4-9H2,1-3H3/t10-,12-/m0/s1. The van der Waals surface area contributed by atoms with Gasteiger partial charge in [0.25, 0.3) is 0 Å². The second-order valence-electron chi connectivity index (χ2n) is 5.57. The van der Waals surface area contributed by atoms with E-state index in [9.17, 15) is 18.3 Å². The molecule has 0 aromatic rings. The molecule has 0 amide bonds. The Morgan fingerprint density at radius 1 is 1.21 bits per heavy atom. The fraction of sp³-hybridized carbons (Fsp3) is 1.00. The second-order valence-corrected chi connectivity index (χ2v) is 5.57. The van der Waals surface area contributed by atoms with E-state index in [0.717, 1.165) is 19.3 Å². The Morgan fingerprint density at radius 3 is 2.37 bits per heavy atom. The number of halogens is 3. The van der Waals surface area contributed by atoms with E-state index in [1.807, 2.05) is 6.92 Å². The molecule has 1 rings (SSSR count). The zero-order chi connectivity index (χ0) is 14.7. The molecule has 1 heterocycles. The number of unbranched alkanes of at least 4 members (excludes halogenated alkanes) is 3. The highest BCUT2D eigenvalue weighted by Gasteiger charge is 2.62. The Bertz CT molecular complexity index is 291. The van der Waals surface area contributed by atoms with Crippen LogP contribution in [0, 0.1) is 0 Å². The molecule has 0 aliphatic carbocycles. The third kappa shape index (κ3) is 4.07. The normalized spacial score (nSPS) is 31.4. The Balaban J connectivity index is 2.72. The quantitative estimate of drug-likeness (QED) is 0.786. The molecular formula is C13H23F3O3. The van der Waals surface area contributed by atoms with Crippen molar-refractivity contribution in [3.63, 3.8) is 0 Å². The molecule has 0 bridgehead atoms. The minimum absolute atomic E-state index is 0.183. The topological polar surface area (TPSA) is 38.7 Å². The molecule has 0 radical (unpaired) electrons. The van der Waals surface area contributed by atoms with Crippen molar-refractivity contribution in [2.24, 2.45) is 0 Å². The van der Waals surface area contributed by atoms with E-state index in [0.29, 0.717) is 6.42 Å². The van der Waals surface area contributed by atoms with Crippen LogP contribution in [-0.4, -0.2) is 35.4 Å². The van der Waals surface area contributed by atoms with Crippen LogP contribution in [0.25, 0.3) is 0 Å². The lowest BCUT2D eigenvalue weighted by atomic mass is 9.90. The van der Waals surface area contributed by atoms with Gasteiger partial charge < -0.3 is 14.6 Å². The van der Waals surface area contributed by atoms with Gasteiger partial charge in [-0.15, -0.1) is 0 Å². The van der Waals surface area contributed by atoms with Crippen LogP contribution in [0.15, 0.2) is 0 Å². The van der Waals surface area contributed by atoms with E-state index in [4.69, 9.17) is 9.47 Å².